The quantitative estimate of drug-likeness (QED) is 0.233. The summed E-state index contributed by atoms with van der Waals surface area (Å²) in [5.74, 6) is -0.179. The maximum absolute atomic E-state index is 12.1. The highest BCUT2D eigenvalue weighted by Gasteiger charge is 2.12. The molecule has 2 N–H and O–H groups in total. The molecule has 0 saturated heterocycles. The van der Waals surface area contributed by atoms with Gasteiger partial charge in [-0.15, -0.1) is 0 Å². The molecule has 0 bridgehead atoms. The smallest absolute Gasteiger partial charge is 0.343 e. The summed E-state index contributed by atoms with van der Waals surface area (Å²) in [5.41, 5.74) is 0.328. The summed E-state index contributed by atoms with van der Waals surface area (Å²) in [6.07, 6.45) is 3.14. The van der Waals surface area contributed by atoms with E-state index in [2.05, 4.69) is 6.92 Å². The summed E-state index contributed by atoms with van der Waals surface area (Å²) in [7, 11) is 0. The minimum absolute atomic E-state index is 0.0381. The molecule has 2 rings (SSSR count). The molecule has 0 aliphatic carbocycles. The number of aromatic hydroxyl groups is 1. The fraction of sp³-hybridized carbons (Fsp3) is 0.300. The Balaban J connectivity index is 1.95. The lowest BCUT2D eigenvalue weighted by atomic mass is 10.2. The molecule has 1 atom stereocenters. The lowest BCUT2D eigenvalue weighted by molar-refractivity contribution is -0.0245. The van der Waals surface area contributed by atoms with Gasteiger partial charge in [0.25, 0.3) is 0 Å². The van der Waals surface area contributed by atoms with Crippen LogP contribution in [0.1, 0.15) is 53.3 Å². The van der Waals surface area contributed by atoms with Crippen LogP contribution in [0.3, 0.4) is 0 Å². The van der Waals surface area contributed by atoms with Crippen LogP contribution in [0.15, 0.2) is 42.5 Å². The summed E-state index contributed by atoms with van der Waals surface area (Å²) in [6.45, 7) is 2.09. The highest BCUT2D eigenvalue weighted by molar-refractivity contribution is 5.91. The zero-order chi connectivity index (χ0) is 18.9. The van der Waals surface area contributed by atoms with Gasteiger partial charge in [0.15, 0.2) is 12.6 Å². The molecule has 0 heterocycles. The summed E-state index contributed by atoms with van der Waals surface area (Å²) < 4.78 is 10.6. The lowest BCUT2D eigenvalue weighted by Gasteiger charge is -2.13. The van der Waals surface area contributed by atoms with Gasteiger partial charge in [0.1, 0.15) is 17.2 Å². The Labute approximate surface area is 152 Å². The van der Waals surface area contributed by atoms with Crippen LogP contribution in [0.2, 0.25) is 0 Å². The fourth-order valence-electron chi connectivity index (χ4n) is 2.31. The number of rotatable bonds is 9. The first-order chi connectivity index (χ1) is 12.5. The van der Waals surface area contributed by atoms with Crippen LogP contribution in [-0.2, 0) is 0 Å². The first-order valence-electron chi connectivity index (χ1n) is 8.48. The first kappa shape index (κ1) is 19.5. The number of hydrogen-bond acceptors (Lipinski definition) is 6. The van der Waals surface area contributed by atoms with Crippen molar-refractivity contribution in [3.05, 3.63) is 53.6 Å². The van der Waals surface area contributed by atoms with Crippen molar-refractivity contribution >= 4 is 12.3 Å². The number of aliphatic hydroxyl groups is 1. The molecule has 26 heavy (non-hydrogen) atoms. The van der Waals surface area contributed by atoms with E-state index in [1.807, 2.05) is 0 Å². The van der Waals surface area contributed by atoms with Gasteiger partial charge >= 0.3 is 5.97 Å². The average Bonchev–Trinajstić information content (AvgIpc) is 2.64. The molecule has 0 aliphatic rings. The second kappa shape index (κ2) is 9.58. The van der Waals surface area contributed by atoms with Crippen molar-refractivity contribution in [2.24, 2.45) is 0 Å². The van der Waals surface area contributed by atoms with Gasteiger partial charge in [0.2, 0.25) is 0 Å². The van der Waals surface area contributed by atoms with Crippen LogP contribution in [0, 0.1) is 0 Å². The molecular formula is C20H22O6. The van der Waals surface area contributed by atoms with E-state index < -0.39 is 12.3 Å². The molecule has 0 radical (unpaired) electrons. The summed E-state index contributed by atoms with van der Waals surface area (Å²) >= 11 is 0. The van der Waals surface area contributed by atoms with E-state index in [-0.39, 0.29) is 17.1 Å². The molecule has 138 valence electrons. The third kappa shape index (κ3) is 5.60. The van der Waals surface area contributed by atoms with Crippen molar-refractivity contribution in [3.8, 4) is 17.2 Å². The fourth-order valence-corrected chi connectivity index (χ4v) is 2.31. The van der Waals surface area contributed by atoms with Crippen LogP contribution in [-0.4, -0.2) is 28.8 Å². The first-order valence-corrected chi connectivity index (χ1v) is 8.48. The van der Waals surface area contributed by atoms with Gasteiger partial charge in [-0.05, 0) is 48.9 Å². The Morgan fingerprint density at radius 1 is 1.12 bits per heavy atom. The van der Waals surface area contributed by atoms with Crippen molar-refractivity contribution in [2.45, 2.75) is 38.9 Å². The topological polar surface area (TPSA) is 93.1 Å². The van der Waals surface area contributed by atoms with E-state index >= 15 is 0 Å². The number of phenols is 1. The molecule has 0 aromatic heterocycles. The maximum atomic E-state index is 12.1. The number of hydrogen-bond donors (Lipinski definition) is 2. The van der Waals surface area contributed by atoms with E-state index in [1.54, 1.807) is 12.1 Å². The van der Waals surface area contributed by atoms with E-state index in [9.17, 15) is 19.8 Å². The highest BCUT2D eigenvalue weighted by Crippen LogP contribution is 2.23. The Kier molecular flexibility index (Phi) is 7.17. The number of carbonyl (C=O) groups is 2. The highest BCUT2D eigenvalue weighted by atomic mass is 16.6. The molecule has 6 heteroatoms. The van der Waals surface area contributed by atoms with Crippen LogP contribution < -0.4 is 9.47 Å². The van der Waals surface area contributed by atoms with Crippen molar-refractivity contribution in [2.75, 3.05) is 0 Å². The second-order valence-corrected chi connectivity index (χ2v) is 5.82. The second-order valence-electron chi connectivity index (χ2n) is 5.82. The van der Waals surface area contributed by atoms with Crippen molar-refractivity contribution < 1.29 is 29.3 Å². The molecule has 2 aromatic carbocycles. The molecular weight excluding hydrogens is 336 g/mol. The van der Waals surface area contributed by atoms with Gasteiger partial charge in [-0.1, -0.05) is 19.8 Å². The van der Waals surface area contributed by atoms with Crippen molar-refractivity contribution in [1.82, 2.24) is 0 Å². The summed E-state index contributed by atoms with van der Waals surface area (Å²) in [4.78, 5) is 23.0. The molecule has 0 unspecified atom stereocenters. The van der Waals surface area contributed by atoms with E-state index in [0.717, 1.165) is 19.3 Å². The minimum Gasteiger partial charge on any atom is -0.507 e. The number of esters is 1. The Morgan fingerprint density at radius 3 is 2.46 bits per heavy atom. The number of ether oxygens (including phenoxy) is 2. The Hall–Kier alpha value is -2.86. The molecule has 0 amide bonds. The SMILES string of the molecule is CCCCC[C@@H](O)Oc1ccc(C(=O)Oc2ccc(O)c(C=O)c2)cc1. The molecule has 2 aromatic rings. The van der Waals surface area contributed by atoms with Gasteiger partial charge in [-0.3, -0.25) is 4.79 Å². The van der Waals surface area contributed by atoms with Crippen LogP contribution in [0.4, 0.5) is 0 Å². The van der Waals surface area contributed by atoms with Crippen molar-refractivity contribution in [1.29, 1.82) is 0 Å². The largest absolute Gasteiger partial charge is 0.507 e. The number of benzene rings is 2. The van der Waals surface area contributed by atoms with Crippen molar-refractivity contribution in [3.63, 3.8) is 0 Å². The van der Waals surface area contributed by atoms with E-state index in [4.69, 9.17) is 9.47 Å². The zero-order valence-corrected chi connectivity index (χ0v) is 14.6. The van der Waals surface area contributed by atoms with Gasteiger partial charge in [-0.2, -0.15) is 0 Å². The number of aldehydes is 1. The number of carbonyl (C=O) groups excluding carboxylic acids is 2. The van der Waals surface area contributed by atoms with Gasteiger partial charge < -0.3 is 19.7 Å². The lowest BCUT2D eigenvalue weighted by Crippen LogP contribution is -2.15. The Morgan fingerprint density at radius 2 is 1.81 bits per heavy atom. The number of unbranched alkanes of at least 4 members (excludes halogenated alkanes) is 2. The van der Waals surface area contributed by atoms with E-state index in [0.29, 0.717) is 24.0 Å². The minimum atomic E-state index is -0.877. The van der Waals surface area contributed by atoms with E-state index in [1.165, 1.54) is 30.3 Å². The predicted molar refractivity (Wildman–Crippen MR) is 95.7 cm³/mol. The standard InChI is InChI=1S/C20H22O6/c1-2-3-4-5-19(23)25-16-8-6-14(7-9-16)20(24)26-17-10-11-18(22)15(12-17)13-21/h6-13,19,22-23H,2-5H2,1H3/t19-/m0/s1. The third-order valence-corrected chi connectivity index (χ3v) is 3.75. The molecule has 6 nitrogen and oxygen atoms in total. The van der Waals surface area contributed by atoms with Gasteiger partial charge in [0, 0.05) is 6.42 Å². The van der Waals surface area contributed by atoms with Crippen LogP contribution in [0.5, 0.6) is 17.2 Å². The number of aliphatic hydroxyl groups excluding tert-OH is 1. The predicted octanol–water partition coefficient (Wildman–Crippen LogP) is 3.70. The molecule has 0 spiro atoms. The number of phenolic OH excluding ortho intramolecular Hbond substituents is 1. The van der Waals surface area contributed by atoms with Crippen LogP contribution in [0.25, 0.3) is 0 Å². The van der Waals surface area contributed by atoms with Crippen LogP contribution >= 0.6 is 0 Å². The molecule has 0 fully saturated rings. The molecule has 0 saturated carbocycles. The summed E-state index contributed by atoms with van der Waals surface area (Å²) in [6, 6.07) is 10.2. The van der Waals surface area contributed by atoms with Gasteiger partial charge in [0.05, 0.1) is 11.1 Å². The monoisotopic (exact) mass is 358 g/mol. The Bertz CT molecular complexity index is 738. The maximum Gasteiger partial charge on any atom is 0.343 e. The zero-order valence-electron chi connectivity index (χ0n) is 14.6. The normalized spacial score (nSPS) is 11.6. The summed E-state index contributed by atoms with van der Waals surface area (Å²) in [5, 5.41) is 19.3. The van der Waals surface area contributed by atoms with Gasteiger partial charge in [-0.25, -0.2) is 4.79 Å². The molecule has 0 aliphatic heterocycles. The average molecular weight is 358 g/mol. The third-order valence-electron chi connectivity index (χ3n) is 3.75.